The second kappa shape index (κ2) is 11.7. The van der Waals surface area contributed by atoms with Crippen molar-refractivity contribution >= 4 is 22.8 Å². The molecule has 212 valence electrons. The Labute approximate surface area is 239 Å². The van der Waals surface area contributed by atoms with Crippen molar-refractivity contribution in [2.24, 2.45) is 13.0 Å². The number of rotatable bonds is 8. The van der Waals surface area contributed by atoms with E-state index in [0.29, 0.717) is 32.5 Å². The molecule has 4 heterocycles. The number of aromatic nitrogens is 4. The minimum Gasteiger partial charge on any atom is -0.497 e. The fraction of sp³-hybridized carbons (Fsp3) is 0.387. The van der Waals surface area contributed by atoms with Crippen LogP contribution in [-0.2, 0) is 29.6 Å². The molecule has 6 rings (SSSR count). The molecule has 0 spiro atoms. The zero-order valence-corrected chi connectivity index (χ0v) is 23.4. The van der Waals surface area contributed by atoms with E-state index in [9.17, 15) is 9.59 Å². The molecular formula is C31H35N7O3. The Hall–Kier alpha value is -4.31. The van der Waals surface area contributed by atoms with Gasteiger partial charge in [0.05, 0.1) is 18.7 Å². The molecule has 2 aliphatic rings. The molecule has 0 radical (unpaired) electrons. The topological polar surface area (TPSA) is 114 Å². The van der Waals surface area contributed by atoms with Gasteiger partial charge in [-0.3, -0.25) is 14.6 Å². The lowest BCUT2D eigenvalue weighted by molar-refractivity contribution is -0.139. The minimum atomic E-state index is -0.526. The number of aryl methyl sites for hydroxylation is 1. The number of likely N-dealkylation sites (tertiary alicyclic amines) is 1. The number of amides is 2. The number of fused-ring (bicyclic) bond motifs is 1. The molecule has 2 N–H and O–H groups in total. The zero-order chi connectivity index (χ0) is 28.3. The highest BCUT2D eigenvalue weighted by atomic mass is 16.5. The maximum absolute atomic E-state index is 13.9. The first-order valence-corrected chi connectivity index (χ1v) is 14.1. The van der Waals surface area contributed by atoms with Gasteiger partial charge in [-0.25, -0.2) is 4.68 Å². The predicted molar refractivity (Wildman–Crippen MR) is 154 cm³/mol. The lowest BCUT2D eigenvalue weighted by Crippen LogP contribution is -2.51. The van der Waals surface area contributed by atoms with E-state index < -0.39 is 6.04 Å². The molecule has 2 saturated heterocycles. The van der Waals surface area contributed by atoms with Crippen molar-refractivity contribution in [3.63, 3.8) is 0 Å². The Morgan fingerprint density at radius 2 is 1.90 bits per heavy atom. The number of nitrogens with one attached hydrogen (secondary N) is 2. The largest absolute Gasteiger partial charge is 0.497 e. The third-order valence-electron chi connectivity index (χ3n) is 8.33. The summed E-state index contributed by atoms with van der Waals surface area (Å²) >= 11 is 0. The van der Waals surface area contributed by atoms with Gasteiger partial charge in [-0.1, -0.05) is 29.5 Å². The second-order valence-corrected chi connectivity index (χ2v) is 11.1. The molecular weight excluding hydrogens is 518 g/mol. The van der Waals surface area contributed by atoms with Crippen molar-refractivity contribution in [1.82, 2.24) is 35.5 Å². The Morgan fingerprint density at radius 1 is 1.07 bits per heavy atom. The standard InChI is InChI=1S/C31H35N7O3/c1-37-28-11-8-21(14-26(28)35-36-37)17-34-30(39)29-15-22(13-20-6-9-24(41-2)10-7-20)19-38(29)31(40)27-16-23(18-33-27)25-5-3-4-12-32-25/h3-12,14,22-23,27,29,33H,13,15-19H2,1-2H3,(H,34,39). The van der Waals surface area contributed by atoms with E-state index in [0.717, 1.165) is 40.0 Å². The predicted octanol–water partition coefficient (Wildman–Crippen LogP) is 2.59. The van der Waals surface area contributed by atoms with Crippen LogP contribution in [0.2, 0.25) is 0 Å². The molecule has 2 fully saturated rings. The van der Waals surface area contributed by atoms with Gasteiger partial charge in [0.25, 0.3) is 0 Å². The molecule has 2 aromatic carbocycles. The van der Waals surface area contributed by atoms with Crippen LogP contribution in [0.4, 0.5) is 0 Å². The lowest BCUT2D eigenvalue weighted by atomic mass is 9.96. The molecule has 2 aliphatic heterocycles. The molecule has 4 unspecified atom stereocenters. The quantitative estimate of drug-likeness (QED) is 0.345. The summed E-state index contributed by atoms with van der Waals surface area (Å²) in [5.74, 6) is 1.01. The van der Waals surface area contributed by atoms with Crippen molar-refractivity contribution in [1.29, 1.82) is 0 Å². The summed E-state index contributed by atoms with van der Waals surface area (Å²) in [5.41, 5.74) is 4.81. The first-order chi connectivity index (χ1) is 20.0. The highest BCUT2D eigenvalue weighted by Gasteiger charge is 2.43. The summed E-state index contributed by atoms with van der Waals surface area (Å²) in [6.07, 6.45) is 3.86. The number of hydrogen-bond acceptors (Lipinski definition) is 7. The Kier molecular flexibility index (Phi) is 7.65. The van der Waals surface area contributed by atoms with Gasteiger partial charge in [0.15, 0.2) is 0 Å². The average Bonchev–Trinajstić information content (AvgIpc) is 3.76. The van der Waals surface area contributed by atoms with Crippen LogP contribution in [0.15, 0.2) is 66.9 Å². The van der Waals surface area contributed by atoms with Crippen molar-refractivity contribution < 1.29 is 14.3 Å². The first kappa shape index (κ1) is 26.9. The van der Waals surface area contributed by atoms with Gasteiger partial charge < -0.3 is 20.3 Å². The normalized spacial score (nSPS) is 22.2. The first-order valence-electron chi connectivity index (χ1n) is 14.1. The minimum absolute atomic E-state index is 0.0122. The van der Waals surface area contributed by atoms with E-state index in [2.05, 4.69) is 38.1 Å². The molecule has 2 aromatic heterocycles. The van der Waals surface area contributed by atoms with Crippen molar-refractivity contribution in [2.75, 3.05) is 20.2 Å². The SMILES string of the molecule is COc1ccc(CC2CC(C(=O)NCc3ccc4c(c3)nnn4C)N(C(=O)C3CC(c4ccccn4)CN3)C2)cc1. The van der Waals surface area contributed by atoms with Crippen LogP contribution in [0.3, 0.4) is 0 Å². The Morgan fingerprint density at radius 3 is 2.68 bits per heavy atom. The summed E-state index contributed by atoms with van der Waals surface area (Å²) in [6.45, 7) is 1.59. The Bertz CT molecular complexity index is 1520. The van der Waals surface area contributed by atoms with Crippen molar-refractivity contribution in [2.45, 2.75) is 43.8 Å². The van der Waals surface area contributed by atoms with Crippen LogP contribution in [0.1, 0.15) is 35.6 Å². The van der Waals surface area contributed by atoms with Gasteiger partial charge in [0.2, 0.25) is 11.8 Å². The van der Waals surface area contributed by atoms with E-state index in [1.54, 1.807) is 22.9 Å². The van der Waals surface area contributed by atoms with E-state index in [1.165, 1.54) is 0 Å². The zero-order valence-electron chi connectivity index (χ0n) is 23.4. The van der Waals surface area contributed by atoms with E-state index in [-0.39, 0.29) is 29.7 Å². The monoisotopic (exact) mass is 553 g/mol. The van der Waals surface area contributed by atoms with Gasteiger partial charge in [-0.2, -0.15) is 0 Å². The maximum atomic E-state index is 13.9. The van der Waals surface area contributed by atoms with Crippen molar-refractivity contribution in [3.8, 4) is 5.75 Å². The van der Waals surface area contributed by atoms with Crippen LogP contribution in [0.25, 0.3) is 11.0 Å². The summed E-state index contributed by atoms with van der Waals surface area (Å²) in [6, 6.07) is 18.9. The third-order valence-corrected chi connectivity index (χ3v) is 8.33. The van der Waals surface area contributed by atoms with Gasteiger partial charge >= 0.3 is 0 Å². The van der Waals surface area contributed by atoms with Gasteiger partial charge in [-0.05, 0) is 72.7 Å². The number of pyridine rings is 1. The fourth-order valence-electron chi connectivity index (χ4n) is 6.13. The van der Waals surface area contributed by atoms with Gasteiger partial charge in [0, 0.05) is 44.5 Å². The number of benzene rings is 2. The molecule has 4 aromatic rings. The molecule has 41 heavy (non-hydrogen) atoms. The van der Waals surface area contributed by atoms with E-state index in [4.69, 9.17) is 4.74 Å². The highest BCUT2D eigenvalue weighted by Crippen LogP contribution is 2.31. The Balaban J connectivity index is 1.16. The van der Waals surface area contributed by atoms with Crippen LogP contribution >= 0.6 is 0 Å². The van der Waals surface area contributed by atoms with Crippen molar-refractivity contribution in [3.05, 3.63) is 83.7 Å². The van der Waals surface area contributed by atoms with E-state index in [1.807, 2.05) is 55.6 Å². The third kappa shape index (κ3) is 5.78. The maximum Gasteiger partial charge on any atom is 0.243 e. The number of carbonyl (C=O) groups excluding carboxylic acids is 2. The fourth-order valence-corrected chi connectivity index (χ4v) is 6.13. The lowest BCUT2D eigenvalue weighted by Gasteiger charge is -2.27. The molecule has 10 nitrogen and oxygen atoms in total. The summed E-state index contributed by atoms with van der Waals surface area (Å²) in [5, 5.41) is 14.7. The highest BCUT2D eigenvalue weighted by molar-refractivity contribution is 5.90. The molecule has 0 aliphatic carbocycles. The molecule has 0 bridgehead atoms. The average molecular weight is 554 g/mol. The summed E-state index contributed by atoms with van der Waals surface area (Å²) in [4.78, 5) is 33.8. The smallest absolute Gasteiger partial charge is 0.243 e. The molecule has 10 heteroatoms. The number of carbonyl (C=O) groups is 2. The van der Waals surface area contributed by atoms with Crippen LogP contribution in [0.5, 0.6) is 5.75 Å². The molecule has 2 amide bonds. The van der Waals surface area contributed by atoms with Crippen LogP contribution in [-0.4, -0.2) is 69.0 Å². The van der Waals surface area contributed by atoms with E-state index >= 15 is 0 Å². The van der Waals surface area contributed by atoms with Crippen LogP contribution in [0, 0.1) is 5.92 Å². The summed E-state index contributed by atoms with van der Waals surface area (Å²) in [7, 11) is 3.50. The number of ether oxygens (including phenoxy) is 1. The van der Waals surface area contributed by atoms with Gasteiger partial charge in [-0.15, -0.1) is 5.10 Å². The molecule has 4 atom stereocenters. The number of nitrogens with zero attached hydrogens (tertiary/aromatic N) is 5. The van der Waals surface area contributed by atoms with Gasteiger partial charge in [0.1, 0.15) is 17.3 Å². The number of hydrogen-bond donors (Lipinski definition) is 2. The molecule has 0 saturated carbocycles. The summed E-state index contributed by atoms with van der Waals surface area (Å²) < 4.78 is 7.02. The number of methoxy groups -OCH3 is 1. The van der Waals surface area contributed by atoms with Crippen LogP contribution < -0.4 is 15.4 Å². The second-order valence-electron chi connectivity index (χ2n) is 11.1.